The van der Waals surface area contributed by atoms with Gasteiger partial charge in [-0.25, -0.2) is 42.0 Å². The van der Waals surface area contributed by atoms with Gasteiger partial charge in [-0.15, -0.1) is 12.4 Å². The first-order chi connectivity index (χ1) is 63.8. The van der Waals surface area contributed by atoms with E-state index in [-0.39, 0.29) is 72.3 Å². The van der Waals surface area contributed by atoms with Gasteiger partial charge >= 0.3 is 30.3 Å². The molecule has 1 aliphatic rings. The summed E-state index contributed by atoms with van der Waals surface area (Å²) in [6.45, 7) is 53.8. The van der Waals surface area contributed by atoms with Crippen LogP contribution in [-0.2, 0) is 61.7 Å². The number of halogens is 2. The Balaban J connectivity index is 0.000000234. The predicted octanol–water partition coefficient (Wildman–Crippen LogP) is 20.8. The molecule has 1 unspecified atom stereocenters. The molecule has 1 fully saturated rings. The Bertz CT molecular complexity index is 6390. The Hall–Kier alpha value is -15.5. The van der Waals surface area contributed by atoms with Crippen molar-refractivity contribution < 1.29 is 75.0 Å². The Labute approximate surface area is 797 Å². The van der Waals surface area contributed by atoms with Gasteiger partial charge in [0.05, 0.1) is 73.9 Å². The first-order valence-electron chi connectivity index (χ1n) is 43.0. The summed E-state index contributed by atoms with van der Waals surface area (Å²) in [6, 6.07) is 55.2. The van der Waals surface area contributed by atoms with Gasteiger partial charge in [-0.2, -0.15) is 24.4 Å². The quantitative estimate of drug-likeness (QED) is 0.0195. The molecule has 12 aromatic rings. The molecule has 712 valence electrons. The minimum atomic E-state index is -1.56. The molecule has 0 radical (unpaired) electrons. The van der Waals surface area contributed by atoms with E-state index in [2.05, 4.69) is 72.3 Å². The molecule has 0 aliphatic heterocycles. The number of nitrogens with two attached hydrogens (primary N) is 1. The second-order valence-corrected chi connectivity index (χ2v) is 37.5. The number of primary amides is 1. The van der Waals surface area contributed by atoms with Crippen molar-refractivity contribution in [2.75, 3.05) is 5.32 Å². The normalized spacial score (nSPS) is 12.2. The summed E-state index contributed by atoms with van der Waals surface area (Å²) < 4.78 is 69.8. The number of carboxylic acids is 1. The van der Waals surface area contributed by atoms with Gasteiger partial charge in [0.2, 0.25) is 0 Å². The van der Waals surface area contributed by atoms with E-state index in [0.29, 0.717) is 75.5 Å². The number of furan rings is 2. The van der Waals surface area contributed by atoms with Crippen LogP contribution in [-0.4, -0.2) is 118 Å². The lowest BCUT2D eigenvalue weighted by Gasteiger charge is -2.38. The Kier molecular flexibility index (Phi) is 36.4. The van der Waals surface area contributed by atoms with Gasteiger partial charge in [0.15, 0.2) is 22.9 Å². The van der Waals surface area contributed by atoms with Gasteiger partial charge < -0.3 is 79.7 Å². The number of aromatic nitrogens is 8. The number of nitrogens with one attached hydrogen (secondary N) is 6. The number of carbonyl (C=O) groups is 7. The first kappa shape index (κ1) is 106. The minimum absolute atomic E-state index is 0. The van der Waals surface area contributed by atoms with E-state index in [1.807, 2.05) is 122 Å². The molecule has 6 aromatic carbocycles. The number of hydrogen-bond acceptors (Lipinski definition) is 19. The van der Waals surface area contributed by atoms with Gasteiger partial charge in [0.1, 0.15) is 45.3 Å². The van der Waals surface area contributed by atoms with Crippen molar-refractivity contribution in [3.8, 4) is 51.7 Å². The van der Waals surface area contributed by atoms with Crippen molar-refractivity contribution >= 4 is 88.7 Å². The number of benzene rings is 6. The molecule has 6 aromatic heterocycles. The smallest absolute Gasteiger partial charge is 0.407 e. The van der Waals surface area contributed by atoms with E-state index >= 15 is 4.39 Å². The van der Waals surface area contributed by atoms with Crippen molar-refractivity contribution in [1.82, 2.24) is 65.1 Å². The second kappa shape index (κ2) is 46.7. The highest BCUT2D eigenvalue weighted by Gasteiger charge is 2.41. The fraction of sp³-hybridized carbons (Fsp3) is 0.323. The monoisotopic (exact) mass is 1890 g/mol. The van der Waals surface area contributed by atoms with Crippen molar-refractivity contribution in [1.29, 1.82) is 5.26 Å². The van der Waals surface area contributed by atoms with Crippen LogP contribution >= 0.6 is 12.4 Å². The molecule has 37 heteroatoms. The molecule has 0 saturated heterocycles. The molecule has 13 rings (SSSR count). The van der Waals surface area contributed by atoms with Gasteiger partial charge in [0, 0.05) is 38.3 Å². The molecule has 0 spiro atoms. The fourth-order valence-corrected chi connectivity index (χ4v) is 13.8. The largest absolute Gasteiger partial charge is 0.476 e. The number of nitriles is 1. The van der Waals surface area contributed by atoms with Gasteiger partial charge in [-0.3, -0.25) is 9.59 Å². The average molecular weight is 1890 g/mol. The third kappa shape index (κ3) is 31.1. The molecule has 2 atom stereocenters. The van der Waals surface area contributed by atoms with E-state index in [1.54, 1.807) is 181 Å². The number of ether oxygens (including phenoxy) is 4. The lowest BCUT2D eigenvalue weighted by molar-refractivity contribution is 0.0512. The Morgan fingerprint density at radius 2 is 0.882 bits per heavy atom. The maximum absolute atomic E-state index is 15.7. The zero-order chi connectivity index (χ0) is 98.9. The molecule has 0 bridgehead atoms. The lowest BCUT2D eigenvalue weighted by Crippen LogP contribution is -2.49. The van der Waals surface area contributed by atoms with Crippen molar-refractivity contribution in [3.05, 3.63) is 297 Å². The Morgan fingerprint density at radius 1 is 0.507 bits per heavy atom. The van der Waals surface area contributed by atoms with Crippen molar-refractivity contribution in [2.24, 2.45) is 11.7 Å². The number of carboxylic acid groups (broad SMARTS) is 1. The van der Waals surface area contributed by atoms with E-state index < -0.39 is 91.6 Å². The highest BCUT2D eigenvalue weighted by molar-refractivity contribution is 7.84. The van der Waals surface area contributed by atoms with Crippen LogP contribution in [0.4, 0.5) is 46.7 Å². The van der Waals surface area contributed by atoms with Crippen LogP contribution in [0.15, 0.2) is 209 Å². The van der Waals surface area contributed by atoms with E-state index in [4.69, 9.17) is 53.2 Å². The van der Waals surface area contributed by atoms with Crippen LogP contribution in [0.5, 0.6) is 0 Å². The van der Waals surface area contributed by atoms with Gasteiger partial charge in [-0.1, -0.05) is 113 Å². The van der Waals surface area contributed by atoms with Crippen molar-refractivity contribution in [3.63, 3.8) is 0 Å². The molecular weight excluding hydrogens is 1780 g/mol. The number of carbonyl (C=O) groups excluding carboxylic acids is 6. The number of rotatable bonds is 25. The van der Waals surface area contributed by atoms with Crippen LogP contribution in [0.2, 0.25) is 0 Å². The summed E-state index contributed by atoms with van der Waals surface area (Å²) in [7, 11) is -1.56. The minimum Gasteiger partial charge on any atom is -0.476 e. The number of alkyl carbamates (subject to hydrolysis) is 4. The number of aromatic carboxylic acids is 1. The van der Waals surface area contributed by atoms with Gasteiger partial charge in [-0.05, 0) is 280 Å². The number of hydrogen-bond donors (Lipinski definition) is 8. The van der Waals surface area contributed by atoms with Crippen LogP contribution in [0.3, 0.4) is 0 Å². The summed E-state index contributed by atoms with van der Waals surface area (Å²) in [5.74, 6) is -1.30. The predicted molar refractivity (Wildman–Crippen MR) is 514 cm³/mol. The molecule has 1 saturated carbocycles. The van der Waals surface area contributed by atoms with Crippen LogP contribution in [0, 0.1) is 42.8 Å². The Morgan fingerprint density at radius 3 is 1.25 bits per heavy atom. The third-order valence-electron chi connectivity index (χ3n) is 19.0. The van der Waals surface area contributed by atoms with Crippen LogP contribution in [0.25, 0.3) is 60.2 Å². The molecule has 6 amide bonds. The summed E-state index contributed by atoms with van der Waals surface area (Å²) in [4.78, 5) is 94.5. The molecule has 34 nitrogen and oxygen atoms in total. The van der Waals surface area contributed by atoms with E-state index in [0.717, 1.165) is 47.2 Å². The number of anilines is 1. The summed E-state index contributed by atoms with van der Waals surface area (Å²) in [6.07, 6.45) is 4.56. The number of nitrogens with zero attached hydrogens (tertiary/aromatic N) is 12. The lowest BCUT2D eigenvalue weighted by atomic mass is 9.79. The zero-order valence-electron chi connectivity index (χ0n) is 78.6. The van der Waals surface area contributed by atoms with Gasteiger partial charge in [0.25, 0.3) is 29.3 Å². The highest BCUT2D eigenvalue weighted by atomic mass is 35.5. The second-order valence-electron chi connectivity index (χ2n) is 35.5. The summed E-state index contributed by atoms with van der Waals surface area (Å²) >= 11 is 0. The highest BCUT2D eigenvalue weighted by Crippen LogP contribution is 2.44. The standard InChI is InChI=1S/C40H44FN7O4S.C20H22N4O4.C20H20N4O3.C17H18N4O4.C2H6.ClH/c1-38(2,3)52-37(50)44-25-28-9-8-10-31(21-28)48-34(23-35(43-7)46-48)36(49)45-33-22-30(17-18-32(33)41)40(20-19-26-11-12-26,47-53(51)39(4,5)6)29-15-13-27(24-42)14-16-29;1-20(2,3)28-19(26)22-12-13-6-4-7-14(10-13)24-16(17-8-5-9-27-17)11-15(23-24)18(21)25;1-20(2,3)27-19(25)22-13-14-7-5-8-15(11-14)24-16(12-18(21-4)23-24)17-9-6-10-26-17;1-17(2,3)25-16(24)19-10-11-6-5-7-12(8-11)21-13(15(22)23)9-14(18-4)20-21;1-2;/h8-10,13-18,21-23,26,47H,11-12,19-20,25H2,1-6H3,(H,44,50)(H,45,49);4-11H,12H2,1-3H3,(H2,21,25)(H,22,26);5-12H,13H2,1-3H3,(H,22,25);5-9H,10H2,1-3H3,(H,19,24)(H,22,23);1-2H3;1H/t40?,53-;;;;;/m1...../s1. The van der Waals surface area contributed by atoms with Crippen LogP contribution < -0.4 is 37.0 Å². The van der Waals surface area contributed by atoms with Crippen molar-refractivity contribution in [2.45, 2.75) is 202 Å². The van der Waals surface area contributed by atoms with E-state index in [1.165, 1.54) is 33.8 Å². The third-order valence-corrected chi connectivity index (χ3v) is 20.7. The molecule has 1 aliphatic carbocycles. The maximum atomic E-state index is 15.7. The van der Waals surface area contributed by atoms with Crippen LogP contribution in [0.1, 0.15) is 214 Å². The number of amides is 6. The summed E-state index contributed by atoms with van der Waals surface area (Å²) in [5.41, 5.74) is 10.4. The topological polar surface area (TPSA) is 426 Å². The fourth-order valence-electron chi connectivity index (χ4n) is 12.9. The zero-order valence-corrected chi connectivity index (χ0v) is 80.2. The maximum Gasteiger partial charge on any atom is 0.407 e. The molecular formula is C99H111ClFN19O15S. The SMILES string of the molecule is CC.CC(C)(C)OC(=O)NCc1cccc(-n2nc(C(N)=O)cc2-c2ccco2)c1.Cl.[C-]#[N+]c1cc(-c2ccco2)n(-c2cccc(CNC(=O)OC(C)(C)C)c2)n1.[C-]#[N+]c1cc(C(=O)Nc2cc(C(CCC3CC3)(N[S@](=O)C(C)(C)C)c3ccc(C#N)cc3)ccc2F)n(-c2cccc(CNC(=O)OC(C)(C)C)c2)n1.[C-]#[N+]c1cc(C(=O)O)n(-c2cccc(CNC(=O)OC(C)(C)C)c2)n1. The molecule has 6 heterocycles. The molecule has 136 heavy (non-hydrogen) atoms. The first-order valence-corrected chi connectivity index (χ1v) is 44.1. The summed E-state index contributed by atoms with van der Waals surface area (Å²) in [5, 5.41) is 49.1. The van der Waals surface area contributed by atoms with E-state index in [9.17, 15) is 48.1 Å². The average Bonchev–Trinajstić information content (AvgIpc) is 1.18. The molecule has 9 N–H and O–H groups in total.